The number of nitrogens with zero attached hydrogens (tertiary/aromatic N) is 2. The third-order valence-corrected chi connectivity index (χ3v) is 4.08. The zero-order chi connectivity index (χ0) is 12.4. The number of pyridine rings is 1. The number of likely N-dealkylation sites (tertiary alicyclic amines) is 1. The van der Waals surface area contributed by atoms with Crippen LogP contribution in [0.25, 0.3) is 11.4 Å². The van der Waals surface area contributed by atoms with E-state index in [9.17, 15) is 4.79 Å². The summed E-state index contributed by atoms with van der Waals surface area (Å²) in [4.78, 5) is 22.3. The van der Waals surface area contributed by atoms with Crippen molar-refractivity contribution in [2.75, 3.05) is 13.1 Å². The summed E-state index contributed by atoms with van der Waals surface area (Å²) in [6.07, 6.45) is 4.28. The first kappa shape index (κ1) is 11.6. The molecule has 1 fully saturated rings. The van der Waals surface area contributed by atoms with Crippen LogP contribution in [0.2, 0.25) is 0 Å². The van der Waals surface area contributed by atoms with Crippen molar-refractivity contribution in [3.8, 4) is 11.4 Å². The van der Waals surface area contributed by atoms with Crippen LogP contribution >= 0.6 is 11.3 Å². The number of aromatic amines is 1. The van der Waals surface area contributed by atoms with Crippen molar-refractivity contribution in [1.82, 2.24) is 14.9 Å². The molecule has 1 saturated heterocycles. The first-order valence-corrected chi connectivity index (χ1v) is 7.00. The van der Waals surface area contributed by atoms with Crippen LogP contribution in [-0.4, -0.2) is 28.0 Å². The van der Waals surface area contributed by atoms with Gasteiger partial charge >= 0.3 is 4.87 Å². The molecule has 3 heterocycles. The van der Waals surface area contributed by atoms with E-state index < -0.39 is 0 Å². The summed E-state index contributed by atoms with van der Waals surface area (Å²) in [5, 5.41) is 0. The maximum Gasteiger partial charge on any atom is 0.305 e. The van der Waals surface area contributed by atoms with Gasteiger partial charge in [0.15, 0.2) is 0 Å². The molecule has 1 aliphatic heterocycles. The Bertz CT molecular complexity index is 569. The van der Waals surface area contributed by atoms with Crippen molar-refractivity contribution in [1.29, 1.82) is 0 Å². The molecule has 94 valence electrons. The van der Waals surface area contributed by atoms with Crippen LogP contribution in [-0.2, 0) is 6.54 Å². The first-order chi connectivity index (χ1) is 8.83. The lowest BCUT2D eigenvalue weighted by Crippen LogP contribution is -2.18. The number of rotatable bonds is 3. The fourth-order valence-electron chi connectivity index (χ4n) is 2.33. The Balaban J connectivity index is 1.92. The largest absolute Gasteiger partial charge is 0.311 e. The highest BCUT2D eigenvalue weighted by Crippen LogP contribution is 2.23. The molecule has 4 nitrogen and oxygen atoms in total. The molecule has 1 aliphatic rings. The summed E-state index contributed by atoms with van der Waals surface area (Å²) in [5.74, 6) is 0. The van der Waals surface area contributed by atoms with Crippen LogP contribution in [0.15, 0.2) is 29.2 Å². The fraction of sp³-hybridized carbons (Fsp3) is 0.385. The van der Waals surface area contributed by atoms with E-state index in [1.807, 2.05) is 18.2 Å². The van der Waals surface area contributed by atoms with Gasteiger partial charge in [0, 0.05) is 17.6 Å². The molecule has 5 heteroatoms. The van der Waals surface area contributed by atoms with E-state index in [1.165, 1.54) is 24.2 Å². The molecule has 0 atom stereocenters. The van der Waals surface area contributed by atoms with Gasteiger partial charge in [-0.05, 0) is 38.1 Å². The number of nitrogens with one attached hydrogen (secondary N) is 1. The summed E-state index contributed by atoms with van der Waals surface area (Å²) >= 11 is 1.30. The average Bonchev–Trinajstić information content (AvgIpc) is 3.01. The number of H-pyrrole nitrogens is 1. The monoisotopic (exact) mass is 261 g/mol. The summed E-state index contributed by atoms with van der Waals surface area (Å²) in [6, 6.07) is 5.76. The van der Waals surface area contributed by atoms with E-state index in [0.717, 1.165) is 35.9 Å². The summed E-state index contributed by atoms with van der Waals surface area (Å²) in [6.45, 7) is 3.12. The Morgan fingerprint density at radius 3 is 2.89 bits per heavy atom. The lowest BCUT2D eigenvalue weighted by Gasteiger charge is -2.13. The molecule has 0 unspecified atom stereocenters. The van der Waals surface area contributed by atoms with Gasteiger partial charge in [-0.2, -0.15) is 0 Å². The fourth-order valence-corrected chi connectivity index (χ4v) is 3.21. The predicted molar refractivity (Wildman–Crippen MR) is 72.7 cm³/mol. The topological polar surface area (TPSA) is 49.0 Å². The number of hydrogen-bond acceptors (Lipinski definition) is 4. The Labute approximate surface area is 109 Å². The van der Waals surface area contributed by atoms with Gasteiger partial charge in [-0.1, -0.05) is 17.4 Å². The van der Waals surface area contributed by atoms with E-state index in [-0.39, 0.29) is 4.87 Å². The summed E-state index contributed by atoms with van der Waals surface area (Å²) < 4.78 is 0. The third kappa shape index (κ3) is 2.37. The van der Waals surface area contributed by atoms with E-state index in [2.05, 4.69) is 14.9 Å². The standard InChI is InChI=1S/C13H15N3OS/c17-13-15-12(10-5-1-2-6-14-10)11(18-13)9-16-7-3-4-8-16/h1-2,5-6H,3-4,7-9H2,(H,15,17). The quantitative estimate of drug-likeness (QED) is 0.920. The molecule has 18 heavy (non-hydrogen) atoms. The second-order valence-electron chi connectivity index (χ2n) is 4.51. The normalized spacial score (nSPS) is 16.2. The minimum absolute atomic E-state index is 0.00449. The maximum absolute atomic E-state index is 11.6. The lowest BCUT2D eigenvalue weighted by atomic mass is 10.2. The van der Waals surface area contributed by atoms with Gasteiger partial charge in [0.25, 0.3) is 0 Å². The molecular weight excluding hydrogens is 246 g/mol. The van der Waals surface area contributed by atoms with Gasteiger partial charge in [0.05, 0.1) is 11.4 Å². The summed E-state index contributed by atoms with van der Waals surface area (Å²) in [5.41, 5.74) is 1.74. The van der Waals surface area contributed by atoms with Gasteiger partial charge in [-0.15, -0.1) is 0 Å². The molecule has 1 N–H and O–H groups in total. The Kier molecular flexibility index (Phi) is 3.25. The molecule has 0 spiro atoms. The van der Waals surface area contributed by atoms with Crippen molar-refractivity contribution in [2.45, 2.75) is 19.4 Å². The van der Waals surface area contributed by atoms with E-state index in [4.69, 9.17) is 0 Å². The molecule has 0 bridgehead atoms. The highest BCUT2D eigenvalue weighted by atomic mass is 32.1. The predicted octanol–water partition coefficient (Wildman–Crippen LogP) is 2.09. The van der Waals surface area contributed by atoms with Crippen LogP contribution in [0.3, 0.4) is 0 Å². The SMILES string of the molecule is O=c1[nH]c(-c2ccccn2)c(CN2CCCC2)s1. The Morgan fingerprint density at radius 2 is 2.17 bits per heavy atom. The molecule has 0 saturated carbocycles. The minimum atomic E-state index is 0.00449. The molecule has 0 aromatic carbocycles. The number of thiazole rings is 1. The Morgan fingerprint density at radius 1 is 1.33 bits per heavy atom. The van der Waals surface area contributed by atoms with Crippen molar-refractivity contribution < 1.29 is 0 Å². The van der Waals surface area contributed by atoms with Crippen molar-refractivity contribution in [3.05, 3.63) is 38.9 Å². The molecule has 0 amide bonds. The van der Waals surface area contributed by atoms with E-state index in [1.54, 1.807) is 6.20 Å². The zero-order valence-electron chi connectivity index (χ0n) is 10.1. The van der Waals surface area contributed by atoms with Crippen molar-refractivity contribution in [2.24, 2.45) is 0 Å². The highest BCUT2D eigenvalue weighted by Gasteiger charge is 2.17. The van der Waals surface area contributed by atoms with Gasteiger partial charge in [0.2, 0.25) is 0 Å². The second kappa shape index (κ2) is 5.04. The van der Waals surface area contributed by atoms with Crippen molar-refractivity contribution >= 4 is 11.3 Å². The van der Waals surface area contributed by atoms with Gasteiger partial charge in [-0.3, -0.25) is 14.7 Å². The van der Waals surface area contributed by atoms with Gasteiger partial charge < -0.3 is 4.98 Å². The first-order valence-electron chi connectivity index (χ1n) is 6.19. The average molecular weight is 261 g/mol. The maximum atomic E-state index is 11.6. The molecule has 0 aliphatic carbocycles. The second-order valence-corrected chi connectivity index (χ2v) is 5.58. The van der Waals surface area contributed by atoms with Crippen molar-refractivity contribution in [3.63, 3.8) is 0 Å². The Hall–Kier alpha value is -1.46. The minimum Gasteiger partial charge on any atom is -0.311 e. The van der Waals surface area contributed by atoms with Gasteiger partial charge in [0.1, 0.15) is 0 Å². The number of hydrogen-bond donors (Lipinski definition) is 1. The third-order valence-electron chi connectivity index (χ3n) is 3.21. The van der Waals surface area contributed by atoms with Gasteiger partial charge in [-0.25, -0.2) is 0 Å². The highest BCUT2D eigenvalue weighted by molar-refractivity contribution is 7.09. The molecule has 2 aromatic heterocycles. The molecule has 2 aromatic rings. The van der Waals surface area contributed by atoms with E-state index in [0.29, 0.717) is 0 Å². The van der Waals surface area contributed by atoms with Crippen LogP contribution < -0.4 is 4.87 Å². The molecule has 0 radical (unpaired) electrons. The smallest absolute Gasteiger partial charge is 0.305 e. The summed E-state index contributed by atoms with van der Waals surface area (Å²) in [7, 11) is 0. The molecular formula is C13H15N3OS. The van der Waals surface area contributed by atoms with Crippen LogP contribution in [0.4, 0.5) is 0 Å². The lowest BCUT2D eigenvalue weighted by molar-refractivity contribution is 0.334. The zero-order valence-corrected chi connectivity index (χ0v) is 10.9. The van der Waals surface area contributed by atoms with Crippen LogP contribution in [0.1, 0.15) is 17.7 Å². The molecule has 3 rings (SSSR count). The van der Waals surface area contributed by atoms with E-state index >= 15 is 0 Å². The van der Waals surface area contributed by atoms with Crippen LogP contribution in [0, 0.1) is 0 Å². The van der Waals surface area contributed by atoms with Crippen LogP contribution in [0.5, 0.6) is 0 Å². The number of aromatic nitrogens is 2.